The van der Waals surface area contributed by atoms with Crippen LogP contribution in [0.1, 0.15) is 38.8 Å². The number of carbonyl (C=O) groups excluding carboxylic acids is 1. The van der Waals surface area contributed by atoms with Crippen molar-refractivity contribution in [3.8, 4) is 11.5 Å². The monoisotopic (exact) mass is 313 g/mol. The van der Waals surface area contributed by atoms with E-state index in [1.54, 1.807) is 19.1 Å². The molecule has 0 bridgehead atoms. The third-order valence-electron chi connectivity index (χ3n) is 3.37. The number of carbonyl (C=O) groups is 1. The first-order valence-corrected chi connectivity index (χ1v) is 7.46. The summed E-state index contributed by atoms with van der Waals surface area (Å²) in [5, 5.41) is 3.69. The Balaban J connectivity index is 2.31. The molecule has 6 heteroatoms. The molecule has 1 heterocycles. The van der Waals surface area contributed by atoms with E-state index in [-0.39, 0.29) is 18.8 Å². The van der Waals surface area contributed by atoms with E-state index in [2.05, 4.69) is 5.32 Å². The van der Waals surface area contributed by atoms with Gasteiger partial charge in [-0.1, -0.05) is 18.5 Å². The lowest BCUT2D eigenvalue weighted by molar-refractivity contribution is -0.146. The van der Waals surface area contributed by atoms with Crippen LogP contribution in [0.2, 0.25) is 5.02 Å². The summed E-state index contributed by atoms with van der Waals surface area (Å²) in [7, 11) is 0. The molecule has 1 aliphatic heterocycles. The van der Waals surface area contributed by atoms with Crippen molar-refractivity contribution < 1.29 is 19.0 Å². The van der Waals surface area contributed by atoms with Crippen molar-refractivity contribution >= 4 is 17.6 Å². The highest BCUT2D eigenvalue weighted by Crippen LogP contribution is 2.41. The smallest absolute Gasteiger partial charge is 0.327 e. The van der Waals surface area contributed by atoms with Gasteiger partial charge >= 0.3 is 5.97 Å². The van der Waals surface area contributed by atoms with Crippen molar-refractivity contribution in [3.05, 3.63) is 22.7 Å². The van der Waals surface area contributed by atoms with Gasteiger partial charge < -0.3 is 14.2 Å². The van der Waals surface area contributed by atoms with Gasteiger partial charge in [0.05, 0.1) is 11.6 Å². The number of hydrogen-bond donors (Lipinski definition) is 1. The van der Waals surface area contributed by atoms with Crippen molar-refractivity contribution in [2.75, 3.05) is 13.4 Å². The topological polar surface area (TPSA) is 56.8 Å². The van der Waals surface area contributed by atoms with Gasteiger partial charge in [-0.25, -0.2) is 4.79 Å². The van der Waals surface area contributed by atoms with E-state index in [0.29, 0.717) is 28.7 Å². The zero-order valence-corrected chi connectivity index (χ0v) is 13.2. The Labute approximate surface area is 129 Å². The highest BCUT2D eigenvalue weighted by molar-refractivity contribution is 6.32. The zero-order chi connectivity index (χ0) is 15.4. The SMILES string of the molecule is CCOC(=O)C(NC(C)CC)c1cc(Cl)c2c(c1)OCO2. The Bertz CT molecular complexity index is 521. The first kappa shape index (κ1) is 15.9. The van der Waals surface area contributed by atoms with E-state index < -0.39 is 6.04 Å². The molecule has 116 valence electrons. The molecule has 0 aromatic heterocycles. The molecule has 1 aliphatic rings. The Morgan fingerprint density at radius 1 is 1.43 bits per heavy atom. The van der Waals surface area contributed by atoms with Crippen LogP contribution in [0.25, 0.3) is 0 Å². The van der Waals surface area contributed by atoms with E-state index in [1.165, 1.54) is 0 Å². The van der Waals surface area contributed by atoms with Crippen molar-refractivity contribution in [1.29, 1.82) is 0 Å². The molecular formula is C15H20ClNO4. The van der Waals surface area contributed by atoms with Crippen molar-refractivity contribution in [2.45, 2.75) is 39.3 Å². The molecule has 1 N–H and O–H groups in total. The molecule has 0 fully saturated rings. The number of hydrogen-bond acceptors (Lipinski definition) is 5. The molecule has 0 saturated carbocycles. The Kier molecular flexibility index (Phi) is 5.31. The number of fused-ring (bicyclic) bond motifs is 1. The summed E-state index contributed by atoms with van der Waals surface area (Å²) in [5.74, 6) is 0.747. The van der Waals surface area contributed by atoms with Gasteiger partial charge in [-0.2, -0.15) is 0 Å². The van der Waals surface area contributed by atoms with Gasteiger partial charge in [0.1, 0.15) is 6.04 Å². The van der Waals surface area contributed by atoms with Gasteiger partial charge in [-0.15, -0.1) is 0 Å². The minimum absolute atomic E-state index is 0.140. The third kappa shape index (κ3) is 3.60. The van der Waals surface area contributed by atoms with Gasteiger partial charge in [-0.05, 0) is 38.0 Å². The fraction of sp³-hybridized carbons (Fsp3) is 0.533. The summed E-state index contributed by atoms with van der Waals surface area (Å²) >= 11 is 6.19. The van der Waals surface area contributed by atoms with Crippen LogP contribution in [0.5, 0.6) is 11.5 Å². The molecule has 5 nitrogen and oxygen atoms in total. The molecule has 0 saturated heterocycles. The second-order valence-electron chi connectivity index (χ2n) is 4.90. The summed E-state index contributed by atoms with van der Waals surface area (Å²) in [4.78, 5) is 12.2. The number of nitrogens with one attached hydrogen (secondary N) is 1. The first-order valence-electron chi connectivity index (χ1n) is 7.08. The average Bonchev–Trinajstić information content (AvgIpc) is 2.93. The van der Waals surface area contributed by atoms with Crippen LogP contribution in [-0.4, -0.2) is 25.4 Å². The summed E-state index contributed by atoms with van der Waals surface area (Å²) < 4.78 is 15.8. The number of halogens is 1. The van der Waals surface area contributed by atoms with E-state index in [0.717, 1.165) is 6.42 Å². The molecule has 0 amide bonds. The predicted octanol–water partition coefficient (Wildman–Crippen LogP) is 3.06. The van der Waals surface area contributed by atoms with Gasteiger partial charge in [0, 0.05) is 6.04 Å². The molecule has 2 rings (SSSR count). The van der Waals surface area contributed by atoms with Crippen LogP contribution in [-0.2, 0) is 9.53 Å². The number of ether oxygens (including phenoxy) is 3. The Hall–Kier alpha value is -1.46. The van der Waals surface area contributed by atoms with Crippen LogP contribution in [0.3, 0.4) is 0 Å². The lowest BCUT2D eigenvalue weighted by Gasteiger charge is -2.22. The molecule has 1 aromatic carbocycles. The van der Waals surface area contributed by atoms with Gasteiger partial charge in [-0.3, -0.25) is 5.32 Å². The summed E-state index contributed by atoms with van der Waals surface area (Å²) in [6, 6.07) is 3.08. The lowest BCUT2D eigenvalue weighted by atomic mass is 10.0. The molecule has 0 radical (unpaired) electrons. The predicted molar refractivity (Wildman–Crippen MR) is 79.8 cm³/mol. The Morgan fingerprint density at radius 3 is 2.86 bits per heavy atom. The lowest BCUT2D eigenvalue weighted by Crippen LogP contribution is -2.36. The average molecular weight is 314 g/mol. The van der Waals surface area contributed by atoms with Crippen molar-refractivity contribution in [2.24, 2.45) is 0 Å². The maximum atomic E-state index is 12.2. The zero-order valence-electron chi connectivity index (χ0n) is 12.4. The second-order valence-corrected chi connectivity index (χ2v) is 5.30. The summed E-state index contributed by atoms with van der Waals surface area (Å²) in [6.07, 6.45) is 0.897. The maximum Gasteiger partial charge on any atom is 0.327 e. The second kappa shape index (κ2) is 7.00. The highest BCUT2D eigenvalue weighted by Gasteiger charge is 2.27. The summed E-state index contributed by atoms with van der Waals surface area (Å²) in [5.41, 5.74) is 0.711. The third-order valence-corrected chi connectivity index (χ3v) is 3.65. The van der Waals surface area contributed by atoms with Crippen molar-refractivity contribution in [3.63, 3.8) is 0 Å². The van der Waals surface area contributed by atoms with Crippen LogP contribution < -0.4 is 14.8 Å². The fourth-order valence-electron chi connectivity index (χ4n) is 2.08. The van der Waals surface area contributed by atoms with Crippen LogP contribution in [0.4, 0.5) is 0 Å². The normalized spacial score (nSPS) is 15.6. The largest absolute Gasteiger partial charge is 0.465 e. The van der Waals surface area contributed by atoms with E-state index in [9.17, 15) is 4.79 Å². The molecule has 0 spiro atoms. The van der Waals surface area contributed by atoms with E-state index in [4.69, 9.17) is 25.8 Å². The highest BCUT2D eigenvalue weighted by atomic mass is 35.5. The molecule has 1 aromatic rings. The van der Waals surface area contributed by atoms with E-state index >= 15 is 0 Å². The van der Waals surface area contributed by atoms with Crippen LogP contribution in [0.15, 0.2) is 12.1 Å². The molecule has 2 unspecified atom stereocenters. The number of benzene rings is 1. The van der Waals surface area contributed by atoms with E-state index in [1.807, 2.05) is 13.8 Å². The van der Waals surface area contributed by atoms with Crippen molar-refractivity contribution in [1.82, 2.24) is 5.32 Å². The van der Waals surface area contributed by atoms with Gasteiger partial charge in [0.25, 0.3) is 0 Å². The minimum Gasteiger partial charge on any atom is -0.465 e. The number of esters is 1. The Morgan fingerprint density at radius 2 is 2.19 bits per heavy atom. The summed E-state index contributed by atoms with van der Waals surface area (Å²) in [6.45, 7) is 6.31. The quantitative estimate of drug-likeness (QED) is 0.818. The molecular weight excluding hydrogens is 294 g/mol. The minimum atomic E-state index is -0.577. The standard InChI is InChI=1S/C15H20ClNO4/c1-4-9(3)17-13(15(18)19-5-2)10-6-11(16)14-12(7-10)20-8-21-14/h6-7,9,13,17H,4-5,8H2,1-3H3. The van der Waals surface area contributed by atoms with Crippen LogP contribution in [0, 0.1) is 0 Å². The molecule has 0 aliphatic carbocycles. The van der Waals surface area contributed by atoms with Gasteiger partial charge in [0.15, 0.2) is 11.5 Å². The van der Waals surface area contributed by atoms with Gasteiger partial charge in [0.2, 0.25) is 6.79 Å². The molecule has 21 heavy (non-hydrogen) atoms. The van der Waals surface area contributed by atoms with Crippen LogP contribution >= 0.6 is 11.6 Å². The fourth-order valence-corrected chi connectivity index (χ4v) is 2.36. The number of rotatable bonds is 6. The molecule has 2 atom stereocenters. The first-order chi connectivity index (χ1) is 10.1. The maximum absolute atomic E-state index is 12.2.